The summed E-state index contributed by atoms with van der Waals surface area (Å²) < 4.78 is 10.3. The lowest BCUT2D eigenvalue weighted by Gasteiger charge is -2.06. The molecule has 0 bridgehead atoms. The predicted octanol–water partition coefficient (Wildman–Crippen LogP) is 4.15. The zero-order valence-corrected chi connectivity index (χ0v) is 13.7. The number of hydrogen-bond donors (Lipinski definition) is 2. The van der Waals surface area contributed by atoms with Gasteiger partial charge < -0.3 is 20.5 Å². The Kier molecular flexibility index (Phi) is 4.34. The van der Waals surface area contributed by atoms with Crippen LogP contribution in [0.3, 0.4) is 0 Å². The van der Waals surface area contributed by atoms with Crippen molar-refractivity contribution >= 4 is 27.8 Å². The van der Waals surface area contributed by atoms with E-state index in [-0.39, 0.29) is 0 Å². The average Bonchev–Trinajstić information content (AvgIpc) is 3.04. The lowest BCUT2D eigenvalue weighted by Crippen LogP contribution is -1.93. The third kappa shape index (κ3) is 3.37. The van der Waals surface area contributed by atoms with E-state index in [1.807, 2.05) is 47.8 Å². The summed E-state index contributed by atoms with van der Waals surface area (Å²) in [6.45, 7) is 0. The highest BCUT2D eigenvalue weighted by Gasteiger charge is 2.07. The quantitative estimate of drug-likeness (QED) is 0.689. The van der Waals surface area contributed by atoms with Gasteiger partial charge in [0.05, 0.1) is 25.6 Å². The lowest BCUT2D eigenvalue weighted by molar-refractivity contribution is 0.415. The predicted molar refractivity (Wildman–Crippen MR) is 94.8 cm³/mol. The van der Waals surface area contributed by atoms with Crippen molar-refractivity contribution in [3.63, 3.8) is 0 Å². The second kappa shape index (κ2) is 6.58. The van der Waals surface area contributed by atoms with Crippen LogP contribution < -0.4 is 20.5 Å². The standard InChI is InChI=1S/C17H17N3O2S/c1-21-13-6-4-12(5-7-13)19-17-20-15(10-23-17)11-3-8-16(22-2)14(18)9-11/h3-10H,18H2,1-2H3,(H,19,20). The number of nitrogens with one attached hydrogen (secondary N) is 1. The molecule has 6 heteroatoms. The molecule has 3 rings (SSSR count). The molecule has 118 valence electrons. The third-order valence-corrected chi connectivity index (χ3v) is 4.13. The summed E-state index contributed by atoms with van der Waals surface area (Å²) >= 11 is 1.54. The molecule has 0 aliphatic carbocycles. The topological polar surface area (TPSA) is 69.4 Å². The Morgan fingerprint density at radius 2 is 1.83 bits per heavy atom. The van der Waals surface area contributed by atoms with Gasteiger partial charge in [0.25, 0.3) is 0 Å². The van der Waals surface area contributed by atoms with E-state index in [1.54, 1.807) is 14.2 Å². The minimum absolute atomic E-state index is 0.600. The van der Waals surface area contributed by atoms with Crippen LogP contribution in [0.25, 0.3) is 11.3 Å². The molecule has 0 saturated heterocycles. The number of nitrogens with zero attached hydrogens (tertiary/aromatic N) is 1. The molecule has 0 radical (unpaired) electrons. The van der Waals surface area contributed by atoms with Crippen molar-refractivity contribution < 1.29 is 9.47 Å². The zero-order chi connectivity index (χ0) is 16.2. The first-order valence-corrected chi connectivity index (χ1v) is 7.88. The maximum Gasteiger partial charge on any atom is 0.187 e. The molecule has 0 spiro atoms. The fourth-order valence-electron chi connectivity index (χ4n) is 2.16. The highest BCUT2D eigenvalue weighted by atomic mass is 32.1. The number of benzene rings is 2. The van der Waals surface area contributed by atoms with E-state index < -0.39 is 0 Å². The molecule has 0 unspecified atom stereocenters. The number of nitrogens with two attached hydrogens (primary N) is 1. The molecule has 1 heterocycles. The van der Waals surface area contributed by atoms with E-state index in [0.29, 0.717) is 11.4 Å². The Morgan fingerprint density at radius 1 is 1.04 bits per heavy atom. The monoisotopic (exact) mass is 327 g/mol. The Balaban J connectivity index is 1.78. The van der Waals surface area contributed by atoms with Gasteiger partial charge in [0.2, 0.25) is 0 Å². The Labute approximate surface area is 138 Å². The fraction of sp³-hybridized carbons (Fsp3) is 0.118. The van der Waals surface area contributed by atoms with Crippen LogP contribution in [0.4, 0.5) is 16.5 Å². The molecule has 5 nitrogen and oxygen atoms in total. The SMILES string of the molecule is COc1ccc(Nc2nc(-c3ccc(OC)c(N)c3)cs2)cc1. The van der Waals surface area contributed by atoms with Crippen LogP contribution in [0.5, 0.6) is 11.5 Å². The number of thiazole rings is 1. The van der Waals surface area contributed by atoms with Crippen molar-refractivity contribution in [1.29, 1.82) is 0 Å². The number of rotatable bonds is 5. The van der Waals surface area contributed by atoms with Gasteiger partial charge in [-0.15, -0.1) is 11.3 Å². The second-order valence-corrected chi connectivity index (χ2v) is 5.71. The number of hydrogen-bond acceptors (Lipinski definition) is 6. The van der Waals surface area contributed by atoms with Crippen LogP contribution in [0.2, 0.25) is 0 Å². The first-order valence-electron chi connectivity index (χ1n) is 7.00. The van der Waals surface area contributed by atoms with Crippen LogP contribution in [-0.4, -0.2) is 19.2 Å². The number of ether oxygens (including phenoxy) is 2. The fourth-order valence-corrected chi connectivity index (χ4v) is 2.90. The molecule has 0 atom stereocenters. The van der Waals surface area contributed by atoms with Gasteiger partial charge in [0.1, 0.15) is 11.5 Å². The molecule has 3 aromatic rings. The van der Waals surface area contributed by atoms with E-state index in [2.05, 4.69) is 10.3 Å². The lowest BCUT2D eigenvalue weighted by atomic mass is 10.1. The third-order valence-electron chi connectivity index (χ3n) is 3.37. The van der Waals surface area contributed by atoms with Crippen molar-refractivity contribution in [3.8, 4) is 22.8 Å². The van der Waals surface area contributed by atoms with Gasteiger partial charge in [0.15, 0.2) is 5.13 Å². The summed E-state index contributed by atoms with van der Waals surface area (Å²) in [4.78, 5) is 4.59. The number of aromatic nitrogens is 1. The first kappa shape index (κ1) is 15.2. The molecule has 0 fully saturated rings. The van der Waals surface area contributed by atoms with Crippen LogP contribution >= 0.6 is 11.3 Å². The second-order valence-electron chi connectivity index (χ2n) is 4.85. The molecule has 0 saturated carbocycles. The summed E-state index contributed by atoms with van der Waals surface area (Å²) in [5.41, 5.74) is 9.34. The number of anilines is 3. The normalized spacial score (nSPS) is 10.3. The van der Waals surface area contributed by atoms with Crippen LogP contribution in [0.1, 0.15) is 0 Å². The smallest absolute Gasteiger partial charge is 0.187 e. The van der Waals surface area contributed by atoms with Gasteiger partial charge in [-0.3, -0.25) is 0 Å². The highest BCUT2D eigenvalue weighted by Crippen LogP contribution is 2.31. The van der Waals surface area contributed by atoms with Gasteiger partial charge in [-0.05, 0) is 42.5 Å². The van der Waals surface area contributed by atoms with E-state index in [0.717, 1.165) is 27.8 Å². The van der Waals surface area contributed by atoms with Gasteiger partial charge in [-0.1, -0.05) is 0 Å². The van der Waals surface area contributed by atoms with Crippen molar-refractivity contribution in [3.05, 3.63) is 47.8 Å². The van der Waals surface area contributed by atoms with Crippen molar-refractivity contribution in [2.24, 2.45) is 0 Å². The maximum absolute atomic E-state index is 5.95. The van der Waals surface area contributed by atoms with Crippen molar-refractivity contribution in [2.45, 2.75) is 0 Å². The summed E-state index contributed by atoms with van der Waals surface area (Å²) in [6.07, 6.45) is 0. The van der Waals surface area contributed by atoms with E-state index in [1.165, 1.54) is 11.3 Å². The molecule has 1 aromatic heterocycles. The van der Waals surface area contributed by atoms with Gasteiger partial charge in [-0.25, -0.2) is 4.98 Å². The van der Waals surface area contributed by atoms with Crippen LogP contribution in [0, 0.1) is 0 Å². The zero-order valence-electron chi connectivity index (χ0n) is 12.9. The molecule has 3 N–H and O–H groups in total. The molecule has 0 aliphatic heterocycles. The van der Waals surface area contributed by atoms with Gasteiger partial charge in [0, 0.05) is 16.6 Å². The molecule has 0 amide bonds. The van der Waals surface area contributed by atoms with E-state index in [4.69, 9.17) is 15.2 Å². The van der Waals surface area contributed by atoms with Crippen LogP contribution in [-0.2, 0) is 0 Å². The summed E-state index contributed by atoms with van der Waals surface area (Å²) in [6, 6.07) is 13.4. The molecule has 0 aliphatic rings. The highest BCUT2D eigenvalue weighted by molar-refractivity contribution is 7.14. The minimum atomic E-state index is 0.600. The number of methoxy groups -OCH3 is 2. The Hall–Kier alpha value is -2.73. The molecule has 23 heavy (non-hydrogen) atoms. The Morgan fingerprint density at radius 3 is 2.48 bits per heavy atom. The maximum atomic E-state index is 5.95. The Bertz CT molecular complexity index is 800. The van der Waals surface area contributed by atoms with Crippen molar-refractivity contribution in [2.75, 3.05) is 25.3 Å². The van der Waals surface area contributed by atoms with Gasteiger partial charge in [-0.2, -0.15) is 0 Å². The van der Waals surface area contributed by atoms with E-state index >= 15 is 0 Å². The average molecular weight is 327 g/mol. The minimum Gasteiger partial charge on any atom is -0.497 e. The molecule has 2 aromatic carbocycles. The van der Waals surface area contributed by atoms with Gasteiger partial charge >= 0.3 is 0 Å². The first-order chi connectivity index (χ1) is 11.2. The summed E-state index contributed by atoms with van der Waals surface area (Å²) in [5, 5.41) is 6.09. The summed E-state index contributed by atoms with van der Waals surface area (Å²) in [7, 11) is 3.25. The number of nitrogen functional groups attached to an aromatic ring is 1. The van der Waals surface area contributed by atoms with Crippen LogP contribution in [0.15, 0.2) is 47.8 Å². The van der Waals surface area contributed by atoms with Crippen molar-refractivity contribution in [1.82, 2.24) is 4.98 Å². The largest absolute Gasteiger partial charge is 0.497 e. The van der Waals surface area contributed by atoms with E-state index in [9.17, 15) is 0 Å². The molecular formula is C17H17N3O2S. The molecular weight excluding hydrogens is 310 g/mol. The summed E-state index contributed by atoms with van der Waals surface area (Å²) in [5.74, 6) is 1.49.